The highest BCUT2D eigenvalue weighted by molar-refractivity contribution is 7.99. The van der Waals surface area contributed by atoms with Crippen LogP contribution in [0.15, 0.2) is 18.2 Å². The van der Waals surface area contributed by atoms with Crippen molar-refractivity contribution in [2.75, 3.05) is 11.5 Å². The fourth-order valence-electron chi connectivity index (χ4n) is 3.67. The van der Waals surface area contributed by atoms with Gasteiger partial charge < -0.3 is 5.11 Å². The van der Waals surface area contributed by atoms with E-state index in [-0.39, 0.29) is 5.41 Å². The van der Waals surface area contributed by atoms with Crippen LogP contribution in [0.4, 0.5) is 0 Å². The molecule has 1 nitrogen and oxygen atoms in total. The normalized spacial score (nSPS) is 11.9. The van der Waals surface area contributed by atoms with E-state index in [0.717, 1.165) is 12.0 Å². The molecular formula is C26H46OS. The maximum absolute atomic E-state index is 10.1. The summed E-state index contributed by atoms with van der Waals surface area (Å²) in [6.45, 7) is 8.78. The molecule has 28 heavy (non-hydrogen) atoms. The van der Waals surface area contributed by atoms with E-state index in [9.17, 15) is 5.11 Å². The first-order valence-corrected chi connectivity index (χ1v) is 13.0. The summed E-state index contributed by atoms with van der Waals surface area (Å²) in [6, 6.07) is 6.16. The van der Waals surface area contributed by atoms with Crippen molar-refractivity contribution in [1.82, 2.24) is 0 Å². The van der Waals surface area contributed by atoms with Gasteiger partial charge in [-0.2, -0.15) is 11.8 Å². The van der Waals surface area contributed by atoms with Crippen LogP contribution in [0.5, 0.6) is 5.75 Å². The summed E-state index contributed by atoms with van der Waals surface area (Å²) in [5.41, 5.74) is 2.44. The standard InChI is InChI=1S/C26H46OS/c1-5-6-7-8-9-10-11-12-13-15-20-28-21-16-14-17-23-18-19-25(27)24(22-23)26(2,3)4/h18-19,22,27H,5-17,20-21H2,1-4H3. The number of thioether (sulfide) groups is 1. The minimum absolute atomic E-state index is 0.00496. The van der Waals surface area contributed by atoms with Crippen LogP contribution in [0, 0.1) is 0 Å². The SMILES string of the molecule is CCCCCCCCCCCCSCCCCc1ccc(O)c(C(C)(C)C)c1. The molecule has 0 amide bonds. The second kappa shape index (κ2) is 15.2. The van der Waals surface area contributed by atoms with E-state index in [0.29, 0.717) is 5.75 Å². The summed E-state index contributed by atoms with van der Waals surface area (Å²) in [7, 11) is 0. The first-order valence-electron chi connectivity index (χ1n) is 11.8. The van der Waals surface area contributed by atoms with Crippen LogP contribution in [0.2, 0.25) is 0 Å². The monoisotopic (exact) mass is 406 g/mol. The molecule has 0 heterocycles. The lowest BCUT2D eigenvalue weighted by molar-refractivity contribution is 0.446. The molecule has 1 N–H and O–H groups in total. The summed E-state index contributed by atoms with van der Waals surface area (Å²) in [6.07, 6.45) is 17.9. The largest absolute Gasteiger partial charge is 0.508 e. The highest BCUT2D eigenvalue weighted by atomic mass is 32.2. The number of phenols is 1. The minimum atomic E-state index is 0.00496. The fourth-order valence-corrected chi connectivity index (χ4v) is 4.69. The van der Waals surface area contributed by atoms with Gasteiger partial charge in [0.25, 0.3) is 0 Å². The third kappa shape index (κ3) is 12.0. The van der Waals surface area contributed by atoms with Crippen LogP contribution in [-0.2, 0) is 11.8 Å². The lowest BCUT2D eigenvalue weighted by atomic mass is 9.85. The van der Waals surface area contributed by atoms with Gasteiger partial charge in [0.1, 0.15) is 5.75 Å². The van der Waals surface area contributed by atoms with Gasteiger partial charge in [-0.15, -0.1) is 0 Å². The Balaban J connectivity index is 1.96. The molecule has 0 aliphatic heterocycles. The van der Waals surface area contributed by atoms with Gasteiger partial charge in [0.15, 0.2) is 0 Å². The summed E-state index contributed by atoms with van der Waals surface area (Å²) < 4.78 is 0. The Kier molecular flexibility index (Phi) is 13.8. The summed E-state index contributed by atoms with van der Waals surface area (Å²) in [4.78, 5) is 0. The van der Waals surface area contributed by atoms with E-state index in [2.05, 4.69) is 51.6 Å². The number of rotatable bonds is 16. The second-order valence-electron chi connectivity index (χ2n) is 9.35. The lowest BCUT2D eigenvalue weighted by Gasteiger charge is -2.21. The van der Waals surface area contributed by atoms with Crippen molar-refractivity contribution in [2.24, 2.45) is 0 Å². The zero-order valence-electron chi connectivity index (χ0n) is 19.2. The molecule has 0 bridgehead atoms. The van der Waals surface area contributed by atoms with Gasteiger partial charge in [-0.25, -0.2) is 0 Å². The molecule has 0 aliphatic rings. The molecular weight excluding hydrogens is 360 g/mol. The van der Waals surface area contributed by atoms with E-state index >= 15 is 0 Å². The van der Waals surface area contributed by atoms with Gasteiger partial charge in [-0.1, -0.05) is 97.6 Å². The summed E-state index contributed by atoms with van der Waals surface area (Å²) in [5, 5.41) is 10.1. The predicted octanol–water partition coefficient (Wildman–Crippen LogP) is 8.67. The maximum Gasteiger partial charge on any atom is 0.119 e. The van der Waals surface area contributed by atoms with Gasteiger partial charge in [0.2, 0.25) is 0 Å². The van der Waals surface area contributed by atoms with Gasteiger partial charge in [0.05, 0.1) is 0 Å². The van der Waals surface area contributed by atoms with Crippen LogP contribution in [0.3, 0.4) is 0 Å². The van der Waals surface area contributed by atoms with Crippen molar-refractivity contribution in [3.8, 4) is 5.75 Å². The van der Waals surface area contributed by atoms with Crippen molar-refractivity contribution in [1.29, 1.82) is 0 Å². The molecule has 0 radical (unpaired) electrons. The van der Waals surface area contributed by atoms with E-state index < -0.39 is 0 Å². The quantitative estimate of drug-likeness (QED) is 0.277. The van der Waals surface area contributed by atoms with Gasteiger partial charge in [-0.05, 0) is 59.8 Å². The van der Waals surface area contributed by atoms with Gasteiger partial charge in [0, 0.05) is 0 Å². The van der Waals surface area contributed by atoms with Crippen molar-refractivity contribution < 1.29 is 5.11 Å². The number of hydrogen-bond acceptors (Lipinski definition) is 2. The predicted molar refractivity (Wildman–Crippen MR) is 129 cm³/mol. The average molecular weight is 407 g/mol. The number of benzene rings is 1. The van der Waals surface area contributed by atoms with E-state index in [1.165, 1.54) is 94.1 Å². The third-order valence-electron chi connectivity index (χ3n) is 5.52. The fraction of sp³-hybridized carbons (Fsp3) is 0.769. The minimum Gasteiger partial charge on any atom is -0.508 e. The molecule has 0 aromatic heterocycles. The lowest BCUT2D eigenvalue weighted by Crippen LogP contribution is -2.11. The molecule has 0 atom stereocenters. The number of hydrogen-bond donors (Lipinski definition) is 1. The average Bonchev–Trinajstić information content (AvgIpc) is 2.65. The van der Waals surface area contributed by atoms with Crippen molar-refractivity contribution in [3.63, 3.8) is 0 Å². The van der Waals surface area contributed by atoms with Crippen molar-refractivity contribution in [2.45, 2.75) is 117 Å². The van der Waals surface area contributed by atoms with Crippen LogP contribution < -0.4 is 0 Å². The van der Waals surface area contributed by atoms with Crippen molar-refractivity contribution in [3.05, 3.63) is 29.3 Å². The van der Waals surface area contributed by atoms with E-state index in [4.69, 9.17) is 0 Å². The number of aromatic hydroxyl groups is 1. The molecule has 0 unspecified atom stereocenters. The van der Waals surface area contributed by atoms with Crippen LogP contribution in [-0.4, -0.2) is 16.6 Å². The number of aryl methyl sites for hydroxylation is 1. The molecule has 0 saturated heterocycles. The van der Waals surface area contributed by atoms with Gasteiger partial charge >= 0.3 is 0 Å². The van der Waals surface area contributed by atoms with Crippen LogP contribution in [0.1, 0.15) is 116 Å². The van der Waals surface area contributed by atoms with Crippen molar-refractivity contribution >= 4 is 11.8 Å². The zero-order chi connectivity index (χ0) is 20.7. The maximum atomic E-state index is 10.1. The number of unbranched alkanes of at least 4 members (excludes halogenated alkanes) is 10. The Morgan fingerprint density at radius 3 is 1.86 bits per heavy atom. The molecule has 0 saturated carbocycles. The first-order chi connectivity index (χ1) is 13.4. The Morgan fingerprint density at radius 2 is 1.29 bits per heavy atom. The Morgan fingerprint density at radius 1 is 0.750 bits per heavy atom. The smallest absolute Gasteiger partial charge is 0.119 e. The highest BCUT2D eigenvalue weighted by Crippen LogP contribution is 2.31. The molecule has 0 spiro atoms. The third-order valence-corrected chi connectivity index (χ3v) is 6.67. The molecule has 1 aromatic carbocycles. The first kappa shape index (κ1) is 25.4. The zero-order valence-corrected chi connectivity index (χ0v) is 20.0. The molecule has 1 rings (SSSR count). The Bertz CT molecular complexity index is 504. The van der Waals surface area contributed by atoms with Gasteiger partial charge in [-0.3, -0.25) is 0 Å². The molecule has 162 valence electrons. The topological polar surface area (TPSA) is 20.2 Å². The molecule has 2 heteroatoms. The Labute approximate surface area is 180 Å². The summed E-state index contributed by atoms with van der Waals surface area (Å²) in [5.74, 6) is 3.06. The summed E-state index contributed by atoms with van der Waals surface area (Å²) >= 11 is 2.14. The van der Waals surface area contributed by atoms with E-state index in [1.807, 2.05) is 6.07 Å². The second-order valence-corrected chi connectivity index (χ2v) is 10.6. The number of phenolic OH excluding ortho intramolecular Hbond substituents is 1. The highest BCUT2D eigenvalue weighted by Gasteiger charge is 2.18. The van der Waals surface area contributed by atoms with E-state index in [1.54, 1.807) is 0 Å². The molecule has 0 aliphatic carbocycles. The van der Waals surface area contributed by atoms with Crippen LogP contribution >= 0.6 is 11.8 Å². The Hall–Kier alpha value is -0.630. The molecule has 1 aromatic rings. The molecule has 0 fully saturated rings. The van der Waals surface area contributed by atoms with Crippen LogP contribution in [0.25, 0.3) is 0 Å².